The largest absolute Gasteiger partial charge is 0.467 e. The van der Waals surface area contributed by atoms with Gasteiger partial charge in [-0.1, -0.05) is 84.9 Å². The molecular formula is C94H91F3N10O10. The highest BCUT2D eigenvalue weighted by molar-refractivity contribution is 6.04. The number of halogens is 3. The second-order valence-corrected chi connectivity index (χ2v) is 30.6. The van der Waals surface area contributed by atoms with Crippen molar-refractivity contribution in [1.82, 2.24) is 45.6 Å². The van der Waals surface area contributed by atoms with E-state index in [9.17, 15) is 56.3 Å². The molecule has 8 heterocycles. The number of Topliss-reactive ketones (excluding diaryl/α,β-unsaturated/α-hetero) is 3. The lowest BCUT2D eigenvalue weighted by molar-refractivity contribution is -0.131. The minimum absolute atomic E-state index is 0.0364. The van der Waals surface area contributed by atoms with Gasteiger partial charge in [0.25, 0.3) is 0 Å². The highest BCUT2D eigenvalue weighted by Gasteiger charge is 2.36. The zero-order valence-corrected chi connectivity index (χ0v) is 66.2. The van der Waals surface area contributed by atoms with Crippen LogP contribution in [0.25, 0.3) is 32.7 Å². The number of terminal acetylenes is 2. The summed E-state index contributed by atoms with van der Waals surface area (Å²) in [5.74, 6) is 2.25. The summed E-state index contributed by atoms with van der Waals surface area (Å²) in [6.07, 6.45) is 21.0. The van der Waals surface area contributed by atoms with Crippen LogP contribution in [0.4, 0.5) is 13.2 Å². The number of likely N-dealkylation sites (N-methyl/N-ethyl adjacent to an activating group) is 1. The summed E-state index contributed by atoms with van der Waals surface area (Å²) in [6.45, 7) is 12.4. The monoisotopic (exact) mass is 1580 g/mol. The van der Waals surface area contributed by atoms with E-state index in [1.165, 1.54) is 41.5 Å². The maximum absolute atomic E-state index is 14.9. The average molecular weight is 1580 g/mol. The number of allylic oxidation sites excluding steroid dienone is 2. The van der Waals surface area contributed by atoms with E-state index >= 15 is 0 Å². The van der Waals surface area contributed by atoms with Crippen LogP contribution in [0.1, 0.15) is 141 Å². The summed E-state index contributed by atoms with van der Waals surface area (Å²) in [7, 11) is 1.68. The van der Waals surface area contributed by atoms with Crippen LogP contribution < -0.4 is 16.0 Å². The number of nitrogens with one attached hydrogen (secondary N) is 6. The van der Waals surface area contributed by atoms with Gasteiger partial charge in [0.15, 0.2) is 17.3 Å². The second kappa shape index (κ2) is 37.3. The molecule has 4 aromatic heterocycles. The molecule has 117 heavy (non-hydrogen) atoms. The summed E-state index contributed by atoms with van der Waals surface area (Å²) in [4.78, 5) is 136. The number of nitrogens with zero attached hydrogens (tertiary/aromatic N) is 4. The molecule has 598 valence electrons. The van der Waals surface area contributed by atoms with Gasteiger partial charge in [-0.3, -0.25) is 48.1 Å². The molecule has 6 amide bonds. The maximum Gasteiger partial charge on any atom is 0.228 e. The number of rotatable bonds is 26. The first-order valence-corrected chi connectivity index (χ1v) is 38.7. The zero-order valence-electron chi connectivity index (χ0n) is 66.2. The van der Waals surface area contributed by atoms with Gasteiger partial charge in [0.2, 0.25) is 35.4 Å². The summed E-state index contributed by atoms with van der Waals surface area (Å²) in [5, 5.41) is 11.8. The number of furan rings is 1. The molecule has 3 unspecified atom stereocenters. The normalized spacial score (nSPS) is 15.9. The van der Waals surface area contributed by atoms with Gasteiger partial charge >= 0.3 is 0 Å². The summed E-state index contributed by atoms with van der Waals surface area (Å²) >= 11 is 0. The van der Waals surface area contributed by atoms with Crippen molar-refractivity contribution >= 4 is 91.2 Å². The topological polar surface area (TPSA) is 272 Å². The van der Waals surface area contributed by atoms with Gasteiger partial charge in [-0.2, -0.15) is 0 Å². The van der Waals surface area contributed by atoms with Gasteiger partial charge in [-0.25, -0.2) is 13.2 Å². The van der Waals surface area contributed by atoms with E-state index in [1.54, 1.807) is 74.0 Å². The summed E-state index contributed by atoms with van der Waals surface area (Å²) in [5.41, 5.74) is 13.1. The van der Waals surface area contributed by atoms with Crippen molar-refractivity contribution in [2.24, 2.45) is 10.9 Å². The fourth-order valence-electron chi connectivity index (χ4n) is 15.4. The number of aromatic nitrogens is 3. The number of aromatic amines is 3. The Bertz CT molecular complexity index is 5810. The number of hydrogen-bond acceptors (Lipinski definition) is 11. The van der Waals surface area contributed by atoms with Crippen LogP contribution in [-0.4, -0.2) is 121 Å². The molecule has 4 aliphatic rings. The number of H-pyrrole nitrogens is 3. The van der Waals surface area contributed by atoms with Gasteiger partial charge in [0, 0.05) is 122 Å². The van der Waals surface area contributed by atoms with E-state index < -0.39 is 35.6 Å². The minimum atomic E-state index is -0.760. The number of ketones is 3. The summed E-state index contributed by atoms with van der Waals surface area (Å²) in [6, 6.07) is 37.7. The Morgan fingerprint density at radius 3 is 1.24 bits per heavy atom. The predicted molar refractivity (Wildman–Crippen MR) is 443 cm³/mol. The van der Waals surface area contributed by atoms with Crippen molar-refractivity contribution in [3.05, 3.63) is 283 Å². The highest BCUT2D eigenvalue weighted by atomic mass is 19.1. The van der Waals surface area contributed by atoms with Crippen molar-refractivity contribution in [2.45, 2.75) is 130 Å². The molecule has 0 aliphatic carbocycles. The second-order valence-electron chi connectivity index (χ2n) is 30.6. The Morgan fingerprint density at radius 1 is 0.496 bits per heavy atom. The first kappa shape index (κ1) is 83.0. The van der Waals surface area contributed by atoms with E-state index in [1.807, 2.05) is 118 Å². The average Bonchev–Trinajstić information content (AvgIpc) is 1.73. The highest BCUT2D eigenvalue weighted by Crippen LogP contribution is 2.37. The molecule has 0 fully saturated rings. The van der Waals surface area contributed by atoms with Crippen LogP contribution in [0.5, 0.6) is 0 Å². The fourth-order valence-corrected chi connectivity index (χ4v) is 15.4. The molecule has 0 radical (unpaired) electrons. The van der Waals surface area contributed by atoms with Crippen molar-refractivity contribution in [3.8, 4) is 24.7 Å². The molecule has 6 N–H and O–H groups in total. The van der Waals surface area contributed by atoms with Crippen LogP contribution in [-0.2, 0) is 88.2 Å². The quantitative estimate of drug-likeness (QED) is 0.0279. The van der Waals surface area contributed by atoms with Crippen LogP contribution >= 0.6 is 0 Å². The van der Waals surface area contributed by atoms with Gasteiger partial charge in [0.1, 0.15) is 23.2 Å². The molecule has 0 spiro atoms. The van der Waals surface area contributed by atoms with Crippen molar-refractivity contribution in [1.29, 1.82) is 0 Å². The molecular weight excluding hydrogens is 1490 g/mol. The molecule has 6 aromatic carbocycles. The van der Waals surface area contributed by atoms with E-state index in [4.69, 9.17) is 17.3 Å². The van der Waals surface area contributed by atoms with E-state index in [0.29, 0.717) is 75.4 Å². The van der Waals surface area contributed by atoms with Gasteiger partial charge in [-0.15, -0.1) is 12.8 Å². The smallest absolute Gasteiger partial charge is 0.228 e. The third kappa shape index (κ3) is 20.6. The Morgan fingerprint density at radius 2 is 0.880 bits per heavy atom. The lowest BCUT2D eigenvalue weighted by Crippen LogP contribution is -2.37. The number of carbonyl (C=O) groups excluding carboxylic acids is 9. The van der Waals surface area contributed by atoms with Gasteiger partial charge < -0.3 is 50.0 Å². The van der Waals surface area contributed by atoms with Crippen LogP contribution in [0.2, 0.25) is 0 Å². The van der Waals surface area contributed by atoms with Crippen molar-refractivity contribution in [3.63, 3.8) is 0 Å². The molecule has 10 aromatic rings. The van der Waals surface area contributed by atoms with E-state index in [2.05, 4.69) is 47.7 Å². The zero-order chi connectivity index (χ0) is 83.3. The lowest BCUT2D eigenvalue weighted by Gasteiger charge is -2.29. The molecule has 20 nitrogen and oxygen atoms in total. The van der Waals surface area contributed by atoms with Gasteiger partial charge in [-0.05, 0) is 203 Å². The standard InChI is InChI=1S/C32H28FN3O4.C31H31FN4O3.C31H32FN3O3/c1-3-12-36(19-25-5-4-13-40-25)30(39)18-24-17-23(7-8-26(24)33)32-31(20(2)14-29(38)35-32)28(37)16-21-6-9-27-22(15-21)10-11-34-27;1-18-12-28(38)35-31(30(18)27(37)14-20-5-9-26-21(13-20)10-11-33-26)22-6-8-25(32)23(15-22)16-29(39)36(3)17-24-7-4-19(2)34-24;1-5-12-35(18-19(2)3)29(38)17-24-16-23(7-8-25(24)32)31-30(20(4)13-28(37)34-31)27(36)15-21-6-9-26-22(14-21)10-11-33-26/h1,4-11,13,15,17,32,34H,12,14,16,18-19H2,2H3,(H,35,38);4-6,8-11,13,15,31,33H,7,12,14,16-17H2,1-3H3,(H,35,38);1,6-11,14,16,19,31,33H,12-13,15,17-18H2,2-4H3,(H,34,37). The number of carbonyl (C=O) groups is 9. The molecule has 0 bridgehead atoms. The molecule has 0 saturated heterocycles. The molecule has 14 rings (SSSR count). The molecule has 0 saturated carbocycles. The number of amides is 6. The maximum atomic E-state index is 14.9. The molecule has 23 heteroatoms. The van der Waals surface area contributed by atoms with E-state index in [-0.39, 0.29) is 153 Å². The Kier molecular flexibility index (Phi) is 26.4. The summed E-state index contributed by atoms with van der Waals surface area (Å²) < 4.78 is 49.9. The minimum Gasteiger partial charge on any atom is -0.467 e. The fraction of sp³-hybridized carbons (Fsp3) is 0.277. The van der Waals surface area contributed by atoms with Crippen LogP contribution in [0.3, 0.4) is 0 Å². The SMILES string of the molecule is C#CCN(CC(C)C)C(=O)Cc1cc(C2NC(=O)CC(C)=C2C(=O)Cc2ccc3[nH]ccc3c2)ccc1F.C#CCN(Cc1ccco1)C(=O)Cc1cc(C2NC(=O)CC(C)=C2C(=O)Cc2ccc3[nH]ccc3c2)ccc1F.CC1=CCC(CN(C)C(=O)Cc2cc(C3NC(=O)CC(C)=C3C(=O)Cc3ccc4[nH]ccc4c3)ccc2F)=N1. The number of fused-ring (bicyclic) bond motifs is 3. The van der Waals surface area contributed by atoms with Crippen LogP contribution in [0, 0.1) is 48.1 Å². The first-order valence-electron chi connectivity index (χ1n) is 38.7. The number of benzene rings is 6. The third-order valence-corrected chi connectivity index (χ3v) is 21.1. The molecule has 4 aliphatic heterocycles. The van der Waals surface area contributed by atoms with Crippen molar-refractivity contribution in [2.75, 3.05) is 33.2 Å². The third-order valence-electron chi connectivity index (χ3n) is 21.1. The Labute approximate surface area is 676 Å². The first-order chi connectivity index (χ1) is 56.1. The lowest BCUT2D eigenvalue weighted by atomic mass is 9.85. The Balaban J connectivity index is 0.000000162. The number of hydrogen-bond donors (Lipinski definition) is 6. The van der Waals surface area contributed by atoms with Crippen LogP contribution in [0.15, 0.2) is 219 Å². The van der Waals surface area contributed by atoms with Crippen molar-refractivity contribution < 1.29 is 60.7 Å². The van der Waals surface area contributed by atoms with Gasteiger partial charge in [0.05, 0.1) is 69.8 Å². The number of aliphatic imine (C=N–C) groups is 1. The predicted octanol–water partition coefficient (Wildman–Crippen LogP) is 14.2. The van der Waals surface area contributed by atoms with E-state index in [0.717, 1.165) is 60.8 Å². The Hall–Kier alpha value is -13.4. The molecule has 3 atom stereocenters.